The Kier molecular flexibility index (Phi) is 5.30. The normalized spacial score (nSPS) is 12.4. The summed E-state index contributed by atoms with van der Waals surface area (Å²) < 4.78 is 4.72. The molecule has 0 atom stereocenters. The van der Waals surface area contributed by atoms with Crippen LogP contribution in [-0.2, 0) is 13.5 Å². The third-order valence-corrected chi connectivity index (χ3v) is 10.2. The second kappa shape index (κ2) is 9.57. The molecule has 1 aliphatic carbocycles. The molecule has 0 fully saturated rings. The van der Waals surface area contributed by atoms with Crippen LogP contribution < -0.4 is 0 Å². The highest BCUT2D eigenvalue weighted by molar-refractivity contribution is 6.12. The van der Waals surface area contributed by atoms with Gasteiger partial charge in [-0.25, -0.2) is 0 Å². The molecule has 2 nitrogen and oxygen atoms in total. The summed E-state index contributed by atoms with van der Waals surface area (Å²) in [4.78, 5) is 0. The zero-order valence-electron chi connectivity index (χ0n) is 25.5. The van der Waals surface area contributed by atoms with E-state index in [0.29, 0.717) is 0 Å². The molecule has 0 radical (unpaired) electrons. The van der Waals surface area contributed by atoms with E-state index in [4.69, 9.17) is 0 Å². The lowest BCUT2D eigenvalue weighted by Crippen LogP contribution is -1.94. The highest BCUT2D eigenvalue weighted by Crippen LogP contribution is 2.40. The van der Waals surface area contributed by atoms with E-state index in [9.17, 15) is 0 Å². The SMILES string of the molecule is Cn1c2ccccc2c2cc(-c3ccc4c(c3)c3ccccc3n4-c3cccc(-c4ccc5c(c4)-c4ccccc4C5)c3)ccc21. The fourth-order valence-electron chi connectivity index (χ4n) is 7.91. The molecule has 10 rings (SSSR count). The van der Waals surface area contributed by atoms with Gasteiger partial charge in [0, 0.05) is 45.3 Å². The maximum Gasteiger partial charge on any atom is 0.0541 e. The van der Waals surface area contributed by atoms with Crippen molar-refractivity contribution in [2.24, 2.45) is 7.05 Å². The van der Waals surface area contributed by atoms with Gasteiger partial charge in [0.25, 0.3) is 0 Å². The minimum absolute atomic E-state index is 1.02. The number of aryl methyl sites for hydroxylation is 1. The fourth-order valence-corrected chi connectivity index (χ4v) is 7.91. The summed E-state index contributed by atoms with van der Waals surface area (Å²) in [5.74, 6) is 0. The van der Waals surface area contributed by atoms with Crippen LogP contribution in [0, 0.1) is 0 Å². The van der Waals surface area contributed by atoms with Crippen molar-refractivity contribution < 1.29 is 0 Å². The molecule has 0 saturated carbocycles. The molecule has 2 heterocycles. The van der Waals surface area contributed by atoms with Crippen molar-refractivity contribution >= 4 is 43.6 Å². The van der Waals surface area contributed by atoms with Gasteiger partial charge in [-0.05, 0) is 106 Å². The van der Waals surface area contributed by atoms with E-state index in [0.717, 1.165) is 6.42 Å². The van der Waals surface area contributed by atoms with Crippen LogP contribution in [-0.4, -0.2) is 9.13 Å². The van der Waals surface area contributed by atoms with Gasteiger partial charge in [-0.15, -0.1) is 0 Å². The smallest absolute Gasteiger partial charge is 0.0541 e. The first-order valence-electron chi connectivity index (χ1n) is 16.0. The lowest BCUT2D eigenvalue weighted by atomic mass is 9.98. The number of para-hydroxylation sites is 2. The maximum absolute atomic E-state index is 2.43. The van der Waals surface area contributed by atoms with Gasteiger partial charge in [-0.3, -0.25) is 0 Å². The van der Waals surface area contributed by atoms with Gasteiger partial charge in [-0.1, -0.05) is 97.1 Å². The lowest BCUT2D eigenvalue weighted by molar-refractivity contribution is 1.01. The zero-order chi connectivity index (χ0) is 30.4. The van der Waals surface area contributed by atoms with Crippen LogP contribution in [0.2, 0.25) is 0 Å². The van der Waals surface area contributed by atoms with E-state index in [1.165, 1.54) is 93.8 Å². The van der Waals surface area contributed by atoms with E-state index in [1.807, 2.05) is 0 Å². The third-order valence-electron chi connectivity index (χ3n) is 10.2. The number of benzene rings is 7. The monoisotopic (exact) mass is 586 g/mol. The predicted molar refractivity (Wildman–Crippen MR) is 194 cm³/mol. The molecule has 216 valence electrons. The van der Waals surface area contributed by atoms with Crippen LogP contribution in [0.1, 0.15) is 11.1 Å². The van der Waals surface area contributed by atoms with Crippen molar-refractivity contribution in [3.05, 3.63) is 163 Å². The molecule has 0 aliphatic heterocycles. The molecule has 0 N–H and O–H groups in total. The van der Waals surface area contributed by atoms with Crippen molar-refractivity contribution in [3.8, 4) is 39.1 Å². The van der Waals surface area contributed by atoms with Crippen LogP contribution in [0.15, 0.2) is 152 Å². The second-order valence-corrected chi connectivity index (χ2v) is 12.6. The number of aromatic nitrogens is 2. The van der Waals surface area contributed by atoms with Gasteiger partial charge >= 0.3 is 0 Å². The Morgan fingerprint density at radius 3 is 1.80 bits per heavy atom. The van der Waals surface area contributed by atoms with Crippen molar-refractivity contribution in [1.82, 2.24) is 9.13 Å². The van der Waals surface area contributed by atoms with Gasteiger partial charge in [0.2, 0.25) is 0 Å². The zero-order valence-corrected chi connectivity index (χ0v) is 25.5. The summed E-state index contributed by atoms with van der Waals surface area (Å²) in [7, 11) is 2.16. The number of rotatable bonds is 3. The molecular weight excluding hydrogens is 556 g/mol. The molecular formula is C44H30N2. The van der Waals surface area contributed by atoms with Crippen LogP contribution in [0.3, 0.4) is 0 Å². The van der Waals surface area contributed by atoms with Crippen LogP contribution >= 0.6 is 0 Å². The molecule has 0 unspecified atom stereocenters. The van der Waals surface area contributed by atoms with Crippen LogP contribution in [0.5, 0.6) is 0 Å². The fraction of sp³-hybridized carbons (Fsp3) is 0.0455. The van der Waals surface area contributed by atoms with Crippen molar-refractivity contribution in [1.29, 1.82) is 0 Å². The first-order valence-corrected chi connectivity index (χ1v) is 16.0. The highest BCUT2D eigenvalue weighted by atomic mass is 15.0. The van der Waals surface area contributed by atoms with Gasteiger partial charge in [0.15, 0.2) is 0 Å². The average molecular weight is 587 g/mol. The van der Waals surface area contributed by atoms with Gasteiger partial charge in [0.1, 0.15) is 0 Å². The molecule has 2 aromatic heterocycles. The van der Waals surface area contributed by atoms with E-state index in [2.05, 4.69) is 168 Å². The quantitative estimate of drug-likeness (QED) is 0.195. The van der Waals surface area contributed by atoms with E-state index < -0.39 is 0 Å². The minimum atomic E-state index is 1.02. The lowest BCUT2D eigenvalue weighted by Gasteiger charge is -2.12. The van der Waals surface area contributed by atoms with E-state index >= 15 is 0 Å². The summed E-state index contributed by atoms with van der Waals surface area (Å²) in [6.07, 6.45) is 1.02. The van der Waals surface area contributed by atoms with Crippen LogP contribution in [0.4, 0.5) is 0 Å². The molecule has 0 amide bonds. The van der Waals surface area contributed by atoms with Gasteiger partial charge in [-0.2, -0.15) is 0 Å². The van der Waals surface area contributed by atoms with Crippen molar-refractivity contribution in [3.63, 3.8) is 0 Å². The molecule has 46 heavy (non-hydrogen) atoms. The summed E-state index contributed by atoms with van der Waals surface area (Å²) in [5, 5.41) is 5.13. The standard InChI is InChI=1S/C44H30N2/c1-45-41-15-6-4-13-36(41)39-26-30(19-21-42(39)45)31-20-22-44-40(27-31)37-14-5-7-16-43(37)46(44)34-11-8-10-28(24-34)29-17-18-33-23-32-9-2-3-12-35(32)38(33)25-29/h2-22,24-27H,23H2,1H3. The number of hydrogen-bond donors (Lipinski definition) is 0. The molecule has 2 heteroatoms. The Balaban J connectivity index is 1.11. The number of hydrogen-bond acceptors (Lipinski definition) is 0. The Morgan fingerprint density at radius 1 is 0.391 bits per heavy atom. The summed E-state index contributed by atoms with van der Waals surface area (Å²) in [6.45, 7) is 0. The Morgan fingerprint density at radius 2 is 0.957 bits per heavy atom. The number of nitrogens with zero attached hydrogens (tertiary/aromatic N) is 2. The summed E-state index contributed by atoms with van der Waals surface area (Å²) in [5.41, 5.74) is 16.7. The van der Waals surface area contributed by atoms with Crippen LogP contribution in [0.25, 0.3) is 82.7 Å². The largest absolute Gasteiger partial charge is 0.344 e. The van der Waals surface area contributed by atoms with Crippen molar-refractivity contribution in [2.75, 3.05) is 0 Å². The first-order chi connectivity index (χ1) is 22.7. The number of fused-ring (bicyclic) bond motifs is 9. The van der Waals surface area contributed by atoms with Gasteiger partial charge < -0.3 is 9.13 Å². The average Bonchev–Trinajstić information content (AvgIpc) is 3.75. The van der Waals surface area contributed by atoms with E-state index in [1.54, 1.807) is 0 Å². The van der Waals surface area contributed by atoms with E-state index in [-0.39, 0.29) is 0 Å². The summed E-state index contributed by atoms with van der Waals surface area (Å²) >= 11 is 0. The molecule has 7 aromatic carbocycles. The minimum Gasteiger partial charge on any atom is -0.344 e. The molecule has 1 aliphatic rings. The topological polar surface area (TPSA) is 9.86 Å². The highest BCUT2D eigenvalue weighted by Gasteiger charge is 2.19. The summed E-state index contributed by atoms with van der Waals surface area (Å²) in [6, 6.07) is 56.1. The molecule has 9 aromatic rings. The molecule has 0 spiro atoms. The third kappa shape index (κ3) is 3.64. The molecule has 0 saturated heterocycles. The predicted octanol–water partition coefficient (Wildman–Crippen LogP) is 11.3. The Hall–Kier alpha value is -5.86. The Labute approximate surface area is 267 Å². The Bertz CT molecular complexity index is 2680. The maximum atomic E-state index is 2.43. The first kappa shape index (κ1) is 25.5. The molecule has 0 bridgehead atoms. The van der Waals surface area contributed by atoms with Crippen molar-refractivity contribution in [2.45, 2.75) is 6.42 Å². The van der Waals surface area contributed by atoms with Gasteiger partial charge in [0.05, 0.1) is 11.0 Å². The second-order valence-electron chi connectivity index (χ2n) is 12.6.